The van der Waals surface area contributed by atoms with Crippen molar-refractivity contribution in [3.8, 4) is 0 Å². The Labute approximate surface area is 154 Å². The third-order valence-electron chi connectivity index (χ3n) is 3.67. The molecule has 3 heterocycles. The fourth-order valence-corrected chi connectivity index (χ4v) is 4.15. The van der Waals surface area contributed by atoms with Crippen LogP contribution in [0.5, 0.6) is 0 Å². The van der Waals surface area contributed by atoms with Crippen molar-refractivity contribution < 1.29 is 47.6 Å². The van der Waals surface area contributed by atoms with Crippen molar-refractivity contribution in [1.29, 1.82) is 0 Å². The predicted octanol–water partition coefficient (Wildman–Crippen LogP) is -2.45. The molecular weight excluding hydrogens is 428 g/mol. The molecule has 1 unspecified atom stereocenters. The molecule has 3 rings (SSSR count). The summed E-state index contributed by atoms with van der Waals surface area (Å²) >= 11 is 0. The molecule has 0 aliphatic carbocycles. The molecule has 0 radical (unpaired) electrons. The van der Waals surface area contributed by atoms with E-state index in [1.807, 2.05) is 0 Å². The van der Waals surface area contributed by atoms with Crippen LogP contribution in [0.15, 0.2) is 11.1 Å². The van der Waals surface area contributed by atoms with E-state index in [1.165, 1.54) is 0 Å². The normalized spacial score (nSPS) is 27.9. The molecule has 2 aromatic rings. The van der Waals surface area contributed by atoms with Crippen molar-refractivity contribution in [3.05, 3.63) is 16.7 Å². The van der Waals surface area contributed by atoms with E-state index >= 15 is 0 Å². The molecule has 18 heteroatoms. The first-order chi connectivity index (χ1) is 12.9. The van der Waals surface area contributed by atoms with Crippen LogP contribution >= 0.6 is 15.6 Å². The number of aliphatic hydroxyl groups excluding tert-OH is 2. The second-order valence-electron chi connectivity index (χ2n) is 5.66. The Bertz CT molecular complexity index is 1030. The smallest absolute Gasteiger partial charge is 0.387 e. The van der Waals surface area contributed by atoms with Crippen LogP contribution in [0.1, 0.15) is 6.23 Å². The molecule has 0 saturated carbocycles. The van der Waals surface area contributed by atoms with Gasteiger partial charge in [0.2, 0.25) is 5.95 Å². The van der Waals surface area contributed by atoms with E-state index in [2.05, 4.69) is 23.8 Å². The number of phosphoric acid groups is 2. The van der Waals surface area contributed by atoms with E-state index in [0.717, 1.165) is 10.9 Å². The number of aliphatic hydroxyl groups is 2. The number of hydrogen-bond acceptors (Lipinski definition) is 11. The van der Waals surface area contributed by atoms with Crippen LogP contribution in [0.4, 0.5) is 5.95 Å². The molecule has 2 aromatic heterocycles. The van der Waals surface area contributed by atoms with Gasteiger partial charge in [0, 0.05) is 0 Å². The molecule has 1 fully saturated rings. The molecule has 1 saturated heterocycles. The minimum Gasteiger partial charge on any atom is -0.387 e. The SMILES string of the molecule is Nc1nc2c(ncn2[C@H]2O[C@@H](COP(=O)(O)OP(=O)(O)O)[C@@H](O)[C@H]2O)c(=O)[nH]1. The first-order valence-corrected chi connectivity index (χ1v) is 10.4. The molecular formula is C10H15N5O11P2. The van der Waals surface area contributed by atoms with Crippen LogP contribution in [0.3, 0.4) is 0 Å². The maximum atomic E-state index is 11.8. The minimum absolute atomic E-state index is 0.0586. The maximum Gasteiger partial charge on any atom is 0.481 e. The highest BCUT2D eigenvalue weighted by Gasteiger charge is 2.46. The summed E-state index contributed by atoms with van der Waals surface area (Å²) in [5.41, 5.74) is 4.65. The van der Waals surface area contributed by atoms with Crippen LogP contribution in [-0.4, -0.2) is 69.3 Å². The standard InChI is InChI=1S/C10H15N5O11P2/c11-10-13-7-4(8(18)14-10)12-2-15(7)9-6(17)5(16)3(25-9)1-24-28(22,23)26-27(19,20)21/h2-3,5-6,9,16-17H,1H2,(H,22,23)(H2,19,20,21)(H3,11,13,14,18)/t3-,5+,6+,9-/m0/s1. The van der Waals surface area contributed by atoms with Crippen LogP contribution in [0.25, 0.3) is 11.2 Å². The Balaban J connectivity index is 1.79. The number of aromatic amines is 1. The van der Waals surface area contributed by atoms with Crippen molar-refractivity contribution in [1.82, 2.24) is 19.5 Å². The second kappa shape index (κ2) is 7.27. The summed E-state index contributed by atoms with van der Waals surface area (Å²) in [7, 11) is -10.5. The van der Waals surface area contributed by atoms with Crippen LogP contribution in [-0.2, 0) is 22.7 Å². The van der Waals surface area contributed by atoms with Crippen molar-refractivity contribution >= 4 is 32.8 Å². The summed E-state index contributed by atoms with van der Waals surface area (Å²) in [5, 5.41) is 20.3. The monoisotopic (exact) mass is 443 g/mol. The number of nitrogens with one attached hydrogen (secondary N) is 1. The van der Waals surface area contributed by atoms with Crippen LogP contribution in [0.2, 0.25) is 0 Å². The lowest BCUT2D eigenvalue weighted by atomic mass is 10.1. The number of anilines is 1. The molecule has 1 aliphatic heterocycles. The number of hydrogen-bond donors (Lipinski definition) is 7. The Morgan fingerprint density at radius 2 is 1.96 bits per heavy atom. The van der Waals surface area contributed by atoms with Crippen molar-refractivity contribution in [2.75, 3.05) is 12.3 Å². The maximum absolute atomic E-state index is 11.8. The molecule has 5 atom stereocenters. The Kier molecular flexibility index (Phi) is 5.46. The van der Waals surface area contributed by atoms with Gasteiger partial charge in [-0.15, -0.1) is 0 Å². The average molecular weight is 443 g/mol. The summed E-state index contributed by atoms with van der Waals surface area (Å²) in [6.07, 6.45) is -4.88. The number of imidazole rings is 1. The first kappa shape index (κ1) is 21.0. The quantitative estimate of drug-likeness (QED) is 0.229. The van der Waals surface area contributed by atoms with E-state index < -0.39 is 52.4 Å². The molecule has 156 valence electrons. The van der Waals surface area contributed by atoms with Gasteiger partial charge in [0.1, 0.15) is 18.3 Å². The number of nitrogens with zero attached hydrogens (tertiary/aromatic N) is 3. The molecule has 8 N–H and O–H groups in total. The highest BCUT2D eigenvalue weighted by Crippen LogP contribution is 2.57. The van der Waals surface area contributed by atoms with E-state index in [1.54, 1.807) is 0 Å². The van der Waals surface area contributed by atoms with Crippen LogP contribution < -0.4 is 11.3 Å². The van der Waals surface area contributed by atoms with E-state index in [0.29, 0.717) is 0 Å². The summed E-state index contributed by atoms with van der Waals surface area (Å²) < 4.78 is 36.6. The van der Waals surface area contributed by atoms with Gasteiger partial charge in [-0.25, -0.2) is 14.1 Å². The summed E-state index contributed by atoms with van der Waals surface area (Å²) in [6.45, 7) is -0.870. The van der Waals surface area contributed by atoms with E-state index in [9.17, 15) is 29.0 Å². The summed E-state index contributed by atoms with van der Waals surface area (Å²) in [6, 6.07) is 0. The number of nitrogens with two attached hydrogens (primary N) is 1. The second-order valence-corrected chi connectivity index (χ2v) is 8.49. The topological polar surface area (TPSA) is 253 Å². The molecule has 0 bridgehead atoms. The summed E-state index contributed by atoms with van der Waals surface area (Å²) in [4.78, 5) is 48.1. The lowest BCUT2D eigenvalue weighted by molar-refractivity contribution is -0.0503. The fraction of sp³-hybridized carbons (Fsp3) is 0.500. The number of fused-ring (bicyclic) bond motifs is 1. The highest BCUT2D eigenvalue weighted by atomic mass is 31.3. The van der Waals surface area contributed by atoms with Gasteiger partial charge in [-0.2, -0.15) is 9.29 Å². The van der Waals surface area contributed by atoms with Crippen molar-refractivity contribution in [2.45, 2.75) is 24.5 Å². The number of rotatable bonds is 6. The first-order valence-electron chi connectivity index (χ1n) is 7.36. The lowest BCUT2D eigenvalue weighted by Gasteiger charge is -2.17. The van der Waals surface area contributed by atoms with Gasteiger partial charge in [-0.1, -0.05) is 0 Å². The van der Waals surface area contributed by atoms with E-state index in [4.69, 9.17) is 20.3 Å². The van der Waals surface area contributed by atoms with Crippen LogP contribution in [0, 0.1) is 0 Å². The number of aromatic nitrogens is 4. The van der Waals surface area contributed by atoms with Crippen molar-refractivity contribution in [2.24, 2.45) is 0 Å². The zero-order chi connectivity index (χ0) is 20.9. The molecule has 0 spiro atoms. The van der Waals surface area contributed by atoms with Gasteiger partial charge in [0.15, 0.2) is 17.4 Å². The number of nitrogen functional groups attached to an aromatic ring is 1. The van der Waals surface area contributed by atoms with Gasteiger partial charge in [-0.3, -0.25) is 18.9 Å². The zero-order valence-electron chi connectivity index (χ0n) is 13.6. The fourth-order valence-electron chi connectivity index (χ4n) is 2.55. The lowest BCUT2D eigenvalue weighted by Crippen LogP contribution is -2.33. The van der Waals surface area contributed by atoms with Gasteiger partial charge in [0.05, 0.1) is 12.9 Å². The van der Waals surface area contributed by atoms with Gasteiger partial charge in [0.25, 0.3) is 5.56 Å². The predicted molar refractivity (Wildman–Crippen MR) is 87.4 cm³/mol. The molecule has 1 aliphatic rings. The summed E-state index contributed by atoms with van der Waals surface area (Å²) in [5.74, 6) is -0.233. The van der Waals surface area contributed by atoms with Gasteiger partial charge < -0.3 is 35.4 Å². The largest absolute Gasteiger partial charge is 0.481 e. The number of phosphoric ester groups is 1. The molecule has 0 amide bonds. The Hall–Kier alpha value is -1.71. The third kappa shape index (κ3) is 4.31. The van der Waals surface area contributed by atoms with Crippen molar-refractivity contribution in [3.63, 3.8) is 0 Å². The molecule has 28 heavy (non-hydrogen) atoms. The zero-order valence-corrected chi connectivity index (χ0v) is 15.4. The Morgan fingerprint density at radius 3 is 2.61 bits per heavy atom. The number of ether oxygens (including phenoxy) is 1. The minimum atomic E-state index is -5.32. The number of H-pyrrole nitrogens is 1. The third-order valence-corrected chi connectivity index (χ3v) is 5.83. The Morgan fingerprint density at radius 1 is 1.29 bits per heavy atom. The van der Waals surface area contributed by atoms with Gasteiger partial charge >= 0.3 is 15.6 Å². The molecule has 16 nitrogen and oxygen atoms in total. The van der Waals surface area contributed by atoms with Gasteiger partial charge in [-0.05, 0) is 0 Å². The average Bonchev–Trinajstić information content (AvgIpc) is 3.06. The van der Waals surface area contributed by atoms with E-state index in [-0.39, 0.29) is 17.1 Å². The highest BCUT2D eigenvalue weighted by molar-refractivity contribution is 7.60. The molecule has 0 aromatic carbocycles.